The first-order valence-corrected chi connectivity index (χ1v) is 5.37. The van der Waals surface area contributed by atoms with Crippen LogP contribution in [0, 0.1) is 5.92 Å². The Bertz CT molecular complexity index is 246. The van der Waals surface area contributed by atoms with Crippen molar-refractivity contribution >= 4 is 0 Å². The van der Waals surface area contributed by atoms with Crippen LogP contribution < -0.4 is 5.73 Å². The molecule has 78 valence electrons. The molecule has 2 heteroatoms. The van der Waals surface area contributed by atoms with E-state index in [2.05, 4.69) is 31.0 Å². The summed E-state index contributed by atoms with van der Waals surface area (Å²) in [6.45, 7) is 5.24. The van der Waals surface area contributed by atoms with Crippen LogP contribution in [0.5, 0.6) is 0 Å². The lowest BCUT2D eigenvalue weighted by atomic mass is 9.89. The van der Waals surface area contributed by atoms with Crippen LogP contribution in [0.1, 0.15) is 38.2 Å². The van der Waals surface area contributed by atoms with Gasteiger partial charge in [-0.3, -0.25) is 4.98 Å². The summed E-state index contributed by atoms with van der Waals surface area (Å²) >= 11 is 0. The summed E-state index contributed by atoms with van der Waals surface area (Å²) in [6.07, 6.45) is 6.09. The number of rotatable bonds is 5. The molecule has 1 aromatic heterocycles. The molecular weight excluding hydrogens is 172 g/mol. The van der Waals surface area contributed by atoms with Gasteiger partial charge in [0.25, 0.3) is 0 Å². The van der Waals surface area contributed by atoms with Gasteiger partial charge in [-0.15, -0.1) is 0 Å². The Morgan fingerprint density at radius 2 is 2.00 bits per heavy atom. The molecule has 2 atom stereocenters. The lowest BCUT2D eigenvalue weighted by molar-refractivity contribution is 0.458. The molecule has 14 heavy (non-hydrogen) atoms. The Labute approximate surface area is 86.5 Å². The first kappa shape index (κ1) is 11.2. The zero-order valence-electron chi connectivity index (χ0n) is 9.11. The smallest absolute Gasteiger partial charge is 0.0270 e. The van der Waals surface area contributed by atoms with Crippen LogP contribution in [-0.2, 0) is 0 Å². The molecule has 0 amide bonds. The van der Waals surface area contributed by atoms with E-state index in [1.165, 1.54) is 18.4 Å². The highest BCUT2D eigenvalue weighted by atomic mass is 14.6. The normalized spacial score (nSPS) is 15.1. The first-order chi connectivity index (χ1) is 6.77. The third-order valence-electron chi connectivity index (χ3n) is 2.85. The Morgan fingerprint density at radius 3 is 2.50 bits per heavy atom. The average molecular weight is 192 g/mol. The van der Waals surface area contributed by atoms with Crippen molar-refractivity contribution in [3.63, 3.8) is 0 Å². The molecule has 1 rings (SSSR count). The summed E-state index contributed by atoms with van der Waals surface area (Å²) in [6, 6.07) is 4.14. The molecule has 0 bridgehead atoms. The number of aromatic nitrogens is 1. The molecule has 0 aliphatic carbocycles. The minimum atomic E-state index is 0.493. The van der Waals surface area contributed by atoms with Crippen molar-refractivity contribution in [3.8, 4) is 0 Å². The Hall–Kier alpha value is -0.890. The quantitative estimate of drug-likeness (QED) is 0.778. The maximum absolute atomic E-state index is 5.79. The maximum atomic E-state index is 5.79. The minimum absolute atomic E-state index is 0.493. The highest BCUT2D eigenvalue weighted by Crippen LogP contribution is 2.23. The van der Waals surface area contributed by atoms with Gasteiger partial charge < -0.3 is 5.73 Å². The third-order valence-corrected chi connectivity index (χ3v) is 2.85. The lowest BCUT2D eigenvalue weighted by Crippen LogP contribution is -2.15. The molecule has 0 aromatic carbocycles. The van der Waals surface area contributed by atoms with E-state index in [-0.39, 0.29) is 0 Å². The molecule has 0 saturated carbocycles. The van der Waals surface area contributed by atoms with Gasteiger partial charge in [-0.2, -0.15) is 0 Å². The van der Waals surface area contributed by atoms with Gasteiger partial charge >= 0.3 is 0 Å². The fourth-order valence-electron chi connectivity index (χ4n) is 1.66. The van der Waals surface area contributed by atoms with Crippen molar-refractivity contribution in [3.05, 3.63) is 30.1 Å². The number of hydrogen-bond donors (Lipinski definition) is 1. The highest BCUT2D eigenvalue weighted by molar-refractivity contribution is 5.16. The summed E-state index contributed by atoms with van der Waals surface area (Å²) in [5.74, 6) is 1.24. The number of pyridine rings is 1. The van der Waals surface area contributed by atoms with Crippen molar-refractivity contribution in [2.45, 2.75) is 32.6 Å². The predicted octanol–water partition coefficient (Wildman–Crippen LogP) is 2.56. The van der Waals surface area contributed by atoms with E-state index in [0.717, 1.165) is 12.5 Å². The molecule has 1 heterocycles. The summed E-state index contributed by atoms with van der Waals surface area (Å²) in [4.78, 5) is 4.02. The van der Waals surface area contributed by atoms with E-state index in [9.17, 15) is 0 Å². The van der Waals surface area contributed by atoms with Gasteiger partial charge in [-0.1, -0.05) is 20.3 Å². The van der Waals surface area contributed by atoms with E-state index in [0.29, 0.717) is 5.92 Å². The fraction of sp³-hybridized carbons (Fsp3) is 0.583. The molecule has 2 unspecified atom stereocenters. The minimum Gasteiger partial charge on any atom is -0.330 e. The molecule has 0 radical (unpaired) electrons. The first-order valence-electron chi connectivity index (χ1n) is 5.37. The van der Waals surface area contributed by atoms with Crippen LogP contribution in [0.2, 0.25) is 0 Å². The zero-order chi connectivity index (χ0) is 10.4. The fourth-order valence-corrected chi connectivity index (χ4v) is 1.66. The molecule has 0 fully saturated rings. The maximum Gasteiger partial charge on any atom is 0.0270 e. The summed E-state index contributed by atoms with van der Waals surface area (Å²) in [5, 5.41) is 0. The number of hydrogen-bond acceptors (Lipinski definition) is 2. The van der Waals surface area contributed by atoms with Crippen LogP contribution in [-0.4, -0.2) is 11.5 Å². The Morgan fingerprint density at radius 1 is 1.36 bits per heavy atom. The summed E-state index contributed by atoms with van der Waals surface area (Å²) < 4.78 is 0. The Kier molecular flexibility index (Phi) is 4.60. The molecule has 0 saturated heterocycles. The van der Waals surface area contributed by atoms with Gasteiger partial charge in [0.05, 0.1) is 0 Å². The van der Waals surface area contributed by atoms with E-state index in [1.807, 2.05) is 12.4 Å². The topological polar surface area (TPSA) is 38.9 Å². The standard InChI is InChI=1S/C12H20N2/c1-3-10(2)8-12(9-13)11-4-6-14-7-5-11/h4-7,10,12H,3,8-9,13H2,1-2H3. The molecule has 0 aliphatic heterocycles. The van der Waals surface area contributed by atoms with Gasteiger partial charge in [-0.25, -0.2) is 0 Å². The van der Waals surface area contributed by atoms with Crippen molar-refractivity contribution in [1.29, 1.82) is 0 Å². The van der Waals surface area contributed by atoms with Crippen molar-refractivity contribution < 1.29 is 0 Å². The molecular formula is C12H20N2. The van der Waals surface area contributed by atoms with E-state index < -0.39 is 0 Å². The van der Waals surface area contributed by atoms with Crippen molar-refractivity contribution in [2.24, 2.45) is 11.7 Å². The second-order valence-corrected chi connectivity index (χ2v) is 3.96. The van der Waals surface area contributed by atoms with Gasteiger partial charge in [0.2, 0.25) is 0 Å². The van der Waals surface area contributed by atoms with Crippen LogP contribution >= 0.6 is 0 Å². The highest BCUT2D eigenvalue weighted by Gasteiger charge is 2.12. The van der Waals surface area contributed by atoms with E-state index in [1.54, 1.807) is 0 Å². The largest absolute Gasteiger partial charge is 0.330 e. The molecule has 2 nitrogen and oxygen atoms in total. The van der Waals surface area contributed by atoms with Gasteiger partial charge in [0.1, 0.15) is 0 Å². The lowest BCUT2D eigenvalue weighted by Gasteiger charge is -2.18. The van der Waals surface area contributed by atoms with Gasteiger partial charge in [-0.05, 0) is 42.5 Å². The van der Waals surface area contributed by atoms with Crippen LogP contribution in [0.25, 0.3) is 0 Å². The molecule has 0 spiro atoms. The van der Waals surface area contributed by atoms with Crippen LogP contribution in [0.3, 0.4) is 0 Å². The zero-order valence-corrected chi connectivity index (χ0v) is 9.11. The summed E-state index contributed by atoms with van der Waals surface area (Å²) in [5.41, 5.74) is 7.11. The van der Waals surface area contributed by atoms with Gasteiger partial charge in [0.15, 0.2) is 0 Å². The number of nitrogens with zero attached hydrogens (tertiary/aromatic N) is 1. The van der Waals surface area contributed by atoms with Crippen LogP contribution in [0.15, 0.2) is 24.5 Å². The molecule has 1 aromatic rings. The Balaban J connectivity index is 2.63. The van der Waals surface area contributed by atoms with E-state index in [4.69, 9.17) is 5.73 Å². The second-order valence-electron chi connectivity index (χ2n) is 3.96. The molecule has 2 N–H and O–H groups in total. The van der Waals surface area contributed by atoms with Crippen molar-refractivity contribution in [2.75, 3.05) is 6.54 Å². The van der Waals surface area contributed by atoms with Crippen LogP contribution in [0.4, 0.5) is 0 Å². The third kappa shape index (κ3) is 3.11. The van der Waals surface area contributed by atoms with Gasteiger partial charge in [0, 0.05) is 12.4 Å². The number of nitrogens with two attached hydrogens (primary N) is 1. The second kappa shape index (κ2) is 5.76. The monoisotopic (exact) mass is 192 g/mol. The predicted molar refractivity (Wildman–Crippen MR) is 60.1 cm³/mol. The average Bonchev–Trinajstić information content (AvgIpc) is 2.26. The van der Waals surface area contributed by atoms with E-state index >= 15 is 0 Å². The van der Waals surface area contributed by atoms with Crippen molar-refractivity contribution in [1.82, 2.24) is 4.98 Å². The molecule has 0 aliphatic rings. The SMILES string of the molecule is CCC(C)CC(CN)c1ccncc1. The summed E-state index contributed by atoms with van der Waals surface area (Å²) in [7, 11) is 0.